The Morgan fingerprint density at radius 3 is 2.59 bits per heavy atom. The van der Waals surface area contributed by atoms with E-state index >= 15 is 0 Å². The molecule has 1 saturated heterocycles. The minimum atomic E-state index is -0.0457. The van der Waals surface area contributed by atoms with E-state index in [1.54, 1.807) is 11.3 Å². The monoisotopic (exact) mass is 383 g/mol. The summed E-state index contributed by atoms with van der Waals surface area (Å²) in [5, 5.41) is 8.39. The van der Waals surface area contributed by atoms with E-state index < -0.39 is 0 Å². The minimum Gasteiger partial charge on any atom is -0.337 e. The quantitative estimate of drug-likeness (QED) is 0.752. The highest BCUT2D eigenvalue weighted by Gasteiger charge is 2.45. The summed E-state index contributed by atoms with van der Waals surface area (Å²) in [6.07, 6.45) is 4.83. The largest absolute Gasteiger partial charge is 0.337 e. The van der Waals surface area contributed by atoms with E-state index in [0.717, 1.165) is 32.5 Å². The molecular weight excluding hydrogens is 354 g/mol. The number of hydrogen-bond donors (Lipinski definition) is 2. The van der Waals surface area contributed by atoms with Gasteiger partial charge in [-0.3, -0.25) is 4.90 Å². The average molecular weight is 384 g/mol. The van der Waals surface area contributed by atoms with Gasteiger partial charge in [-0.1, -0.05) is 30.3 Å². The van der Waals surface area contributed by atoms with E-state index in [9.17, 15) is 4.79 Å². The summed E-state index contributed by atoms with van der Waals surface area (Å²) in [7, 11) is 0. The molecular formula is C22H29N3OS. The number of amides is 2. The van der Waals surface area contributed by atoms with Crippen LogP contribution in [0.4, 0.5) is 4.79 Å². The molecule has 2 heterocycles. The van der Waals surface area contributed by atoms with Crippen LogP contribution in [0.5, 0.6) is 0 Å². The first-order valence-corrected chi connectivity index (χ1v) is 10.9. The standard InChI is InChI=1S/C22H29N3OS/c1-17-7-2-3-8-18(17)22(10-11-22)16-24-21(26)23-15-19(20-9-6-14-27-20)25-12-4-5-13-25/h2-3,6-9,14,19H,4-5,10-13,15-16H2,1H3,(H2,23,24,26). The number of carbonyl (C=O) groups is 1. The fourth-order valence-corrected chi connectivity index (χ4v) is 5.17. The topological polar surface area (TPSA) is 44.4 Å². The number of urea groups is 1. The Labute approximate surface area is 166 Å². The van der Waals surface area contributed by atoms with E-state index in [-0.39, 0.29) is 11.4 Å². The van der Waals surface area contributed by atoms with Gasteiger partial charge < -0.3 is 10.6 Å². The number of hydrogen-bond acceptors (Lipinski definition) is 3. The molecule has 1 aromatic heterocycles. The number of benzene rings is 1. The van der Waals surface area contributed by atoms with Crippen molar-refractivity contribution in [2.24, 2.45) is 0 Å². The van der Waals surface area contributed by atoms with Crippen LogP contribution in [-0.4, -0.2) is 37.1 Å². The van der Waals surface area contributed by atoms with Gasteiger partial charge in [0.2, 0.25) is 0 Å². The first kappa shape index (κ1) is 18.5. The number of nitrogens with one attached hydrogen (secondary N) is 2. The van der Waals surface area contributed by atoms with Crippen molar-refractivity contribution in [1.82, 2.24) is 15.5 Å². The van der Waals surface area contributed by atoms with Crippen molar-refractivity contribution in [2.75, 3.05) is 26.2 Å². The Balaban J connectivity index is 1.32. The summed E-state index contributed by atoms with van der Waals surface area (Å²) in [6, 6.07) is 13.1. The summed E-state index contributed by atoms with van der Waals surface area (Å²) in [6.45, 7) is 5.81. The maximum absolute atomic E-state index is 12.5. The van der Waals surface area contributed by atoms with Gasteiger partial charge >= 0.3 is 6.03 Å². The zero-order valence-corrected chi connectivity index (χ0v) is 16.9. The highest BCUT2D eigenvalue weighted by atomic mass is 32.1. The molecule has 144 valence electrons. The molecule has 27 heavy (non-hydrogen) atoms. The molecule has 4 rings (SSSR count). The van der Waals surface area contributed by atoms with Crippen molar-refractivity contribution in [3.8, 4) is 0 Å². The Bertz CT molecular complexity index is 764. The van der Waals surface area contributed by atoms with E-state index in [1.807, 2.05) is 0 Å². The zero-order chi connectivity index (χ0) is 18.7. The van der Waals surface area contributed by atoms with Gasteiger partial charge in [-0.2, -0.15) is 0 Å². The van der Waals surface area contributed by atoms with Crippen molar-refractivity contribution >= 4 is 17.4 Å². The van der Waals surface area contributed by atoms with Crippen LogP contribution in [-0.2, 0) is 5.41 Å². The molecule has 2 aliphatic rings. The van der Waals surface area contributed by atoms with Gasteiger partial charge in [0.1, 0.15) is 0 Å². The summed E-state index contributed by atoms with van der Waals surface area (Å²) in [5.41, 5.74) is 2.85. The van der Waals surface area contributed by atoms with Gasteiger partial charge in [0, 0.05) is 23.4 Å². The van der Waals surface area contributed by atoms with Crippen LogP contribution < -0.4 is 10.6 Å². The molecule has 1 saturated carbocycles. The molecule has 5 heteroatoms. The van der Waals surface area contributed by atoms with Gasteiger partial charge in [-0.25, -0.2) is 4.79 Å². The van der Waals surface area contributed by atoms with Gasteiger partial charge in [-0.15, -0.1) is 11.3 Å². The molecule has 1 aliphatic carbocycles. The molecule has 2 N–H and O–H groups in total. The molecule has 2 aromatic rings. The van der Waals surface area contributed by atoms with E-state index in [4.69, 9.17) is 0 Å². The van der Waals surface area contributed by atoms with Crippen molar-refractivity contribution in [3.05, 3.63) is 57.8 Å². The van der Waals surface area contributed by atoms with Crippen LogP contribution in [0.2, 0.25) is 0 Å². The lowest BCUT2D eigenvalue weighted by Gasteiger charge is -2.27. The SMILES string of the molecule is Cc1ccccc1C1(CNC(=O)NCC(c2cccs2)N2CCCC2)CC1. The molecule has 0 radical (unpaired) electrons. The predicted octanol–water partition coefficient (Wildman–Crippen LogP) is 4.22. The number of rotatable bonds is 7. The Morgan fingerprint density at radius 2 is 1.93 bits per heavy atom. The molecule has 2 fully saturated rings. The van der Waals surface area contributed by atoms with Crippen LogP contribution >= 0.6 is 11.3 Å². The van der Waals surface area contributed by atoms with Crippen LogP contribution in [0.3, 0.4) is 0 Å². The molecule has 4 nitrogen and oxygen atoms in total. The maximum atomic E-state index is 12.5. The lowest BCUT2D eigenvalue weighted by atomic mass is 9.92. The molecule has 0 spiro atoms. The second kappa shape index (κ2) is 8.03. The molecule has 0 bridgehead atoms. The predicted molar refractivity (Wildman–Crippen MR) is 111 cm³/mol. The number of thiophene rings is 1. The van der Waals surface area contributed by atoms with Crippen molar-refractivity contribution < 1.29 is 4.79 Å². The van der Waals surface area contributed by atoms with Gasteiger partial charge in [0.15, 0.2) is 0 Å². The summed E-state index contributed by atoms with van der Waals surface area (Å²) in [4.78, 5) is 16.3. The number of carbonyl (C=O) groups excluding carboxylic acids is 1. The van der Waals surface area contributed by atoms with Crippen LogP contribution in [0.15, 0.2) is 41.8 Å². The third kappa shape index (κ3) is 4.19. The van der Waals surface area contributed by atoms with E-state index in [0.29, 0.717) is 12.6 Å². The van der Waals surface area contributed by atoms with E-state index in [1.165, 1.54) is 28.8 Å². The first-order valence-electron chi connectivity index (χ1n) is 10.0. The number of aryl methyl sites for hydroxylation is 1. The maximum Gasteiger partial charge on any atom is 0.314 e. The Morgan fingerprint density at radius 1 is 1.15 bits per heavy atom. The number of likely N-dealkylation sites (tertiary alicyclic amines) is 1. The fourth-order valence-electron chi connectivity index (χ4n) is 4.31. The zero-order valence-electron chi connectivity index (χ0n) is 16.0. The van der Waals surface area contributed by atoms with Gasteiger partial charge in [0.05, 0.1) is 6.04 Å². The lowest BCUT2D eigenvalue weighted by molar-refractivity contribution is 0.221. The van der Waals surface area contributed by atoms with Crippen molar-refractivity contribution in [2.45, 2.75) is 44.1 Å². The molecule has 1 aromatic carbocycles. The highest BCUT2D eigenvalue weighted by Crippen LogP contribution is 2.48. The van der Waals surface area contributed by atoms with E-state index in [2.05, 4.69) is 64.2 Å². The normalized spacial score (nSPS) is 19.6. The molecule has 1 atom stereocenters. The Kier molecular flexibility index (Phi) is 5.50. The fraction of sp³-hybridized carbons (Fsp3) is 0.500. The minimum absolute atomic E-state index is 0.0457. The smallest absolute Gasteiger partial charge is 0.314 e. The first-order chi connectivity index (χ1) is 13.2. The summed E-state index contributed by atoms with van der Waals surface area (Å²) >= 11 is 1.78. The van der Waals surface area contributed by atoms with Gasteiger partial charge in [0.25, 0.3) is 0 Å². The molecule has 1 unspecified atom stereocenters. The van der Waals surface area contributed by atoms with Crippen LogP contribution in [0, 0.1) is 6.92 Å². The van der Waals surface area contributed by atoms with Crippen LogP contribution in [0.25, 0.3) is 0 Å². The Hall–Kier alpha value is -1.85. The molecule has 2 amide bonds. The second-order valence-electron chi connectivity index (χ2n) is 7.93. The summed E-state index contributed by atoms with van der Waals surface area (Å²) in [5.74, 6) is 0. The van der Waals surface area contributed by atoms with Crippen LogP contribution in [0.1, 0.15) is 47.7 Å². The van der Waals surface area contributed by atoms with Crippen molar-refractivity contribution in [3.63, 3.8) is 0 Å². The average Bonchev–Trinajstić information content (AvgIpc) is 3.06. The van der Waals surface area contributed by atoms with Gasteiger partial charge in [-0.05, 0) is 68.3 Å². The summed E-state index contributed by atoms with van der Waals surface area (Å²) < 4.78 is 0. The highest BCUT2D eigenvalue weighted by molar-refractivity contribution is 7.10. The third-order valence-corrected chi connectivity index (χ3v) is 7.04. The lowest BCUT2D eigenvalue weighted by Crippen LogP contribution is -2.43. The second-order valence-corrected chi connectivity index (χ2v) is 8.91. The number of nitrogens with zero attached hydrogens (tertiary/aromatic N) is 1. The molecule has 1 aliphatic heterocycles. The van der Waals surface area contributed by atoms with Crippen molar-refractivity contribution in [1.29, 1.82) is 0 Å². The third-order valence-electron chi connectivity index (χ3n) is 6.07.